The van der Waals surface area contributed by atoms with Gasteiger partial charge in [0.1, 0.15) is 0 Å². The highest BCUT2D eigenvalue weighted by atomic mass is 16.1. The number of rotatable bonds is 3. The molecule has 0 spiro atoms. The summed E-state index contributed by atoms with van der Waals surface area (Å²) >= 11 is 0. The first kappa shape index (κ1) is 14.3. The molecule has 0 atom stereocenters. The van der Waals surface area contributed by atoms with Crippen LogP contribution >= 0.6 is 0 Å². The van der Waals surface area contributed by atoms with Gasteiger partial charge in [-0.1, -0.05) is 12.1 Å². The highest BCUT2D eigenvalue weighted by molar-refractivity contribution is 5.87. The van der Waals surface area contributed by atoms with Crippen LogP contribution in [0, 0.1) is 20.8 Å². The summed E-state index contributed by atoms with van der Waals surface area (Å²) in [5, 5.41) is 8.30. The molecule has 1 aromatic carbocycles. The summed E-state index contributed by atoms with van der Waals surface area (Å²) in [5.41, 5.74) is 12.0. The van der Waals surface area contributed by atoms with E-state index in [9.17, 15) is 4.79 Å². The number of fused-ring (bicyclic) bond motifs is 1. The van der Waals surface area contributed by atoms with Crippen molar-refractivity contribution >= 4 is 16.8 Å². The molecule has 3 aromatic rings. The first-order chi connectivity index (χ1) is 10.5. The third-order valence-corrected chi connectivity index (χ3v) is 3.84. The van der Waals surface area contributed by atoms with E-state index >= 15 is 0 Å². The van der Waals surface area contributed by atoms with E-state index in [2.05, 4.69) is 23.2 Å². The van der Waals surface area contributed by atoms with Gasteiger partial charge < -0.3 is 5.73 Å². The Kier molecular flexibility index (Phi) is 3.41. The SMILES string of the molecule is Cc1n[nH]c(C)c1-c1cc(C)c2ccc(CC(N)=O)cc2n1. The van der Waals surface area contributed by atoms with Gasteiger partial charge in [0.25, 0.3) is 0 Å². The molecule has 2 heterocycles. The summed E-state index contributed by atoms with van der Waals surface area (Å²) < 4.78 is 0. The highest BCUT2D eigenvalue weighted by Gasteiger charge is 2.13. The summed E-state index contributed by atoms with van der Waals surface area (Å²) in [4.78, 5) is 15.9. The quantitative estimate of drug-likeness (QED) is 0.778. The minimum absolute atomic E-state index is 0.227. The van der Waals surface area contributed by atoms with Crippen molar-refractivity contribution in [3.05, 3.63) is 46.8 Å². The van der Waals surface area contributed by atoms with Crippen molar-refractivity contribution in [2.75, 3.05) is 0 Å². The lowest BCUT2D eigenvalue weighted by Crippen LogP contribution is -2.13. The average molecular weight is 294 g/mol. The Labute approximate surface area is 128 Å². The summed E-state index contributed by atoms with van der Waals surface area (Å²) in [6.07, 6.45) is 0.227. The minimum atomic E-state index is -0.339. The van der Waals surface area contributed by atoms with E-state index in [0.29, 0.717) is 0 Å². The lowest BCUT2D eigenvalue weighted by Gasteiger charge is -2.08. The third kappa shape index (κ3) is 2.45. The third-order valence-electron chi connectivity index (χ3n) is 3.84. The van der Waals surface area contributed by atoms with Crippen LogP contribution in [0.2, 0.25) is 0 Å². The van der Waals surface area contributed by atoms with Crippen molar-refractivity contribution in [1.82, 2.24) is 15.2 Å². The highest BCUT2D eigenvalue weighted by Crippen LogP contribution is 2.28. The number of amides is 1. The number of carbonyl (C=O) groups excluding carboxylic acids is 1. The number of nitrogens with two attached hydrogens (primary N) is 1. The Morgan fingerprint density at radius 3 is 2.64 bits per heavy atom. The fourth-order valence-corrected chi connectivity index (χ4v) is 2.82. The topological polar surface area (TPSA) is 84.7 Å². The molecule has 2 aromatic heterocycles. The minimum Gasteiger partial charge on any atom is -0.369 e. The van der Waals surface area contributed by atoms with E-state index in [-0.39, 0.29) is 12.3 Å². The predicted molar refractivity (Wildman–Crippen MR) is 86.4 cm³/mol. The predicted octanol–water partition coefficient (Wildman–Crippen LogP) is 2.58. The Balaban J connectivity index is 2.19. The normalized spacial score (nSPS) is 11.0. The van der Waals surface area contributed by atoms with Crippen molar-refractivity contribution < 1.29 is 4.79 Å². The first-order valence-corrected chi connectivity index (χ1v) is 7.16. The summed E-state index contributed by atoms with van der Waals surface area (Å²) in [7, 11) is 0. The first-order valence-electron chi connectivity index (χ1n) is 7.16. The Morgan fingerprint density at radius 1 is 1.23 bits per heavy atom. The number of benzene rings is 1. The van der Waals surface area contributed by atoms with Gasteiger partial charge in [-0.25, -0.2) is 4.98 Å². The van der Waals surface area contributed by atoms with E-state index < -0.39 is 0 Å². The second-order valence-corrected chi connectivity index (χ2v) is 5.63. The molecule has 3 rings (SSSR count). The largest absolute Gasteiger partial charge is 0.369 e. The Bertz CT molecular complexity index is 860. The molecule has 0 aliphatic rings. The number of hydrogen-bond acceptors (Lipinski definition) is 3. The molecular formula is C17H18N4O. The van der Waals surface area contributed by atoms with Gasteiger partial charge in [0.2, 0.25) is 5.91 Å². The molecule has 0 radical (unpaired) electrons. The van der Waals surface area contributed by atoms with E-state index in [1.807, 2.05) is 32.0 Å². The molecule has 22 heavy (non-hydrogen) atoms. The van der Waals surface area contributed by atoms with Crippen LogP contribution in [0.25, 0.3) is 22.2 Å². The van der Waals surface area contributed by atoms with Gasteiger partial charge >= 0.3 is 0 Å². The van der Waals surface area contributed by atoms with Crippen LogP contribution in [-0.2, 0) is 11.2 Å². The number of nitrogens with zero attached hydrogens (tertiary/aromatic N) is 2. The van der Waals surface area contributed by atoms with Crippen molar-refractivity contribution in [3.8, 4) is 11.3 Å². The maximum absolute atomic E-state index is 11.1. The van der Waals surface area contributed by atoms with E-state index in [0.717, 1.165) is 44.7 Å². The molecule has 0 saturated heterocycles. The maximum Gasteiger partial charge on any atom is 0.221 e. The number of hydrogen-bond donors (Lipinski definition) is 2. The molecule has 0 unspecified atom stereocenters. The number of primary amides is 1. The van der Waals surface area contributed by atoms with Crippen LogP contribution in [0.5, 0.6) is 0 Å². The van der Waals surface area contributed by atoms with Gasteiger partial charge in [-0.05, 0) is 44.0 Å². The van der Waals surface area contributed by atoms with Gasteiger partial charge in [-0.15, -0.1) is 0 Å². The molecule has 0 saturated carbocycles. The second-order valence-electron chi connectivity index (χ2n) is 5.63. The van der Waals surface area contributed by atoms with Crippen LogP contribution in [-0.4, -0.2) is 21.1 Å². The second kappa shape index (κ2) is 5.26. The molecule has 0 aliphatic carbocycles. The molecule has 0 aliphatic heterocycles. The van der Waals surface area contributed by atoms with Crippen LogP contribution in [0.3, 0.4) is 0 Å². The van der Waals surface area contributed by atoms with Crippen LogP contribution in [0.1, 0.15) is 22.5 Å². The molecule has 112 valence electrons. The van der Waals surface area contributed by atoms with Gasteiger partial charge in [-0.2, -0.15) is 5.10 Å². The maximum atomic E-state index is 11.1. The molecule has 5 nitrogen and oxygen atoms in total. The Morgan fingerprint density at radius 2 is 2.00 bits per heavy atom. The van der Waals surface area contributed by atoms with E-state index in [1.165, 1.54) is 0 Å². The smallest absolute Gasteiger partial charge is 0.221 e. The van der Waals surface area contributed by atoms with Crippen molar-refractivity contribution in [1.29, 1.82) is 0 Å². The van der Waals surface area contributed by atoms with Gasteiger partial charge in [0.15, 0.2) is 0 Å². The fraction of sp³-hybridized carbons (Fsp3) is 0.235. The Hall–Kier alpha value is -2.69. The zero-order chi connectivity index (χ0) is 15.9. The number of carbonyl (C=O) groups is 1. The standard InChI is InChI=1S/C17H18N4O/c1-9-6-15(17-10(2)20-21-11(17)3)19-14-7-12(8-16(18)22)4-5-13(9)14/h4-7H,8H2,1-3H3,(H2,18,22)(H,20,21). The van der Waals surface area contributed by atoms with Crippen molar-refractivity contribution in [3.63, 3.8) is 0 Å². The van der Waals surface area contributed by atoms with Gasteiger partial charge in [0.05, 0.1) is 23.3 Å². The van der Waals surface area contributed by atoms with Crippen LogP contribution in [0.15, 0.2) is 24.3 Å². The van der Waals surface area contributed by atoms with Gasteiger partial charge in [0, 0.05) is 16.6 Å². The van der Waals surface area contributed by atoms with E-state index in [1.54, 1.807) is 0 Å². The molecule has 3 N–H and O–H groups in total. The lowest BCUT2D eigenvalue weighted by molar-refractivity contribution is -0.117. The summed E-state index contributed by atoms with van der Waals surface area (Å²) in [6, 6.07) is 7.92. The molecule has 1 amide bonds. The van der Waals surface area contributed by atoms with Crippen LogP contribution < -0.4 is 5.73 Å². The number of aromatic amines is 1. The lowest BCUT2D eigenvalue weighted by atomic mass is 10.0. The number of H-pyrrole nitrogens is 1. The van der Waals surface area contributed by atoms with Crippen molar-refractivity contribution in [2.45, 2.75) is 27.2 Å². The molecule has 0 bridgehead atoms. The van der Waals surface area contributed by atoms with Crippen molar-refractivity contribution in [2.24, 2.45) is 5.73 Å². The zero-order valence-corrected chi connectivity index (χ0v) is 12.9. The molecule has 5 heteroatoms. The van der Waals surface area contributed by atoms with Crippen LogP contribution in [0.4, 0.5) is 0 Å². The summed E-state index contributed by atoms with van der Waals surface area (Å²) in [6.45, 7) is 6.01. The zero-order valence-electron chi connectivity index (χ0n) is 12.9. The number of nitrogens with one attached hydrogen (secondary N) is 1. The fourth-order valence-electron chi connectivity index (χ4n) is 2.82. The van der Waals surface area contributed by atoms with E-state index in [4.69, 9.17) is 10.7 Å². The summed E-state index contributed by atoms with van der Waals surface area (Å²) in [5.74, 6) is -0.339. The number of aromatic nitrogens is 3. The number of aryl methyl sites for hydroxylation is 3. The number of pyridine rings is 1. The monoisotopic (exact) mass is 294 g/mol. The molecular weight excluding hydrogens is 276 g/mol. The van der Waals surface area contributed by atoms with Gasteiger partial charge in [-0.3, -0.25) is 9.89 Å². The molecule has 0 fully saturated rings. The average Bonchev–Trinajstić information content (AvgIpc) is 2.77.